The zero-order chi connectivity index (χ0) is 30.9. The van der Waals surface area contributed by atoms with Gasteiger partial charge in [-0.15, -0.1) is 0 Å². The molecule has 2 aliphatic heterocycles. The van der Waals surface area contributed by atoms with Crippen molar-refractivity contribution in [1.29, 1.82) is 0 Å². The molecule has 0 aromatic heterocycles. The Morgan fingerprint density at radius 3 is 2.25 bits per heavy atom. The lowest BCUT2D eigenvalue weighted by atomic mass is 9.82. The molecular weight excluding hydrogens is 562 g/mol. The molecule has 0 fully saturated rings. The summed E-state index contributed by atoms with van der Waals surface area (Å²) in [7, 11) is 7.38. The lowest BCUT2D eigenvalue weighted by Gasteiger charge is -2.31. The fraction of sp³-hybridized carbons (Fsp3) is 0.441. The van der Waals surface area contributed by atoms with Crippen LogP contribution >= 0.6 is 0 Å². The fourth-order valence-corrected chi connectivity index (χ4v) is 5.51. The summed E-state index contributed by atoms with van der Waals surface area (Å²) in [5.41, 5.74) is 6.20. The Morgan fingerprint density at radius 2 is 1.55 bits per heavy atom. The van der Waals surface area contributed by atoms with Crippen molar-refractivity contribution in [1.82, 2.24) is 5.32 Å². The number of anilines is 2. The van der Waals surface area contributed by atoms with Gasteiger partial charge in [-0.2, -0.15) is 0 Å². The number of benzene rings is 3. The van der Waals surface area contributed by atoms with E-state index in [0.29, 0.717) is 58.5 Å². The van der Waals surface area contributed by atoms with E-state index in [9.17, 15) is 4.79 Å². The minimum Gasteiger partial charge on any atom is -0.489 e. The van der Waals surface area contributed by atoms with Gasteiger partial charge in [-0.1, -0.05) is 24.3 Å². The molecular formula is C34H43N3O7. The highest BCUT2D eigenvalue weighted by Gasteiger charge is 2.30. The van der Waals surface area contributed by atoms with Crippen LogP contribution in [0.3, 0.4) is 0 Å². The van der Waals surface area contributed by atoms with Crippen LogP contribution in [0.25, 0.3) is 0 Å². The molecule has 10 heteroatoms. The molecule has 3 aromatic rings. The minimum atomic E-state index is -0.342. The molecule has 44 heavy (non-hydrogen) atoms. The van der Waals surface area contributed by atoms with Crippen molar-refractivity contribution >= 4 is 17.3 Å². The summed E-state index contributed by atoms with van der Waals surface area (Å²) >= 11 is 0. The molecule has 0 spiro atoms. The molecule has 3 aromatic carbocycles. The van der Waals surface area contributed by atoms with Gasteiger partial charge in [0.05, 0.1) is 52.4 Å². The normalized spacial score (nSPS) is 17.5. The van der Waals surface area contributed by atoms with Gasteiger partial charge in [0.25, 0.3) is 0 Å². The highest BCUT2D eigenvalue weighted by molar-refractivity contribution is 5.77. The third kappa shape index (κ3) is 7.62. The number of carbonyl (C=O) groups is 1. The molecule has 236 valence electrons. The fourth-order valence-electron chi connectivity index (χ4n) is 5.51. The van der Waals surface area contributed by atoms with E-state index in [0.717, 1.165) is 51.7 Å². The Balaban J connectivity index is 1.57. The van der Waals surface area contributed by atoms with E-state index in [1.54, 1.807) is 0 Å². The second-order valence-corrected chi connectivity index (χ2v) is 11.0. The highest BCUT2D eigenvalue weighted by Crippen LogP contribution is 2.49. The van der Waals surface area contributed by atoms with E-state index in [4.69, 9.17) is 28.4 Å². The van der Waals surface area contributed by atoms with E-state index in [1.807, 2.05) is 32.1 Å². The molecule has 0 radical (unpaired) electrons. The average Bonchev–Trinajstić information content (AvgIpc) is 3.03. The Bertz CT molecular complexity index is 1410. The Kier molecular flexibility index (Phi) is 11.0. The van der Waals surface area contributed by atoms with Crippen LogP contribution in [0.2, 0.25) is 0 Å². The van der Waals surface area contributed by atoms with Crippen molar-refractivity contribution in [2.45, 2.75) is 12.5 Å². The van der Waals surface area contributed by atoms with Crippen molar-refractivity contribution in [3.8, 4) is 17.2 Å². The molecule has 2 heterocycles. The van der Waals surface area contributed by atoms with Crippen LogP contribution in [0.5, 0.6) is 17.2 Å². The van der Waals surface area contributed by atoms with Crippen LogP contribution < -0.4 is 24.6 Å². The number of ether oxygens (including phenoxy) is 6. The molecule has 2 aliphatic rings. The molecule has 0 aliphatic carbocycles. The van der Waals surface area contributed by atoms with Crippen molar-refractivity contribution in [2.75, 3.05) is 97.4 Å². The first-order chi connectivity index (χ1) is 21.5. The molecule has 1 atom stereocenters. The number of carbonyl (C=O) groups excluding carboxylic acids is 1. The monoisotopic (exact) mass is 605 g/mol. The highest BCUT2D eigenvalue weighted by atomic mass is 16.6. The van der Waals surface area contributed by atoms with Crippen LogP contribution in [0.1, 0.15) is 28.2 Å². The van der Waals surface area contributed by atoms with Crippen LogP contribution in [-0.2, 0) is 30.3 Å². The maximum atomic E-state index is 12.4. The number of esters is 1. The summed E-state index contributed by atoms with van der Waals surface area (Å²) in [6.45, 7) is 4.37. The average molecular weight is 606 g/mol. The third-order valence-electron chi connectivity index (χ3n) is 7.75. The van der Waals surface area contributed by atoms with Crippen LogP contribution in [0.4, 0.5) is 11.4 Å². The topological polar surface area (TPSA) is 91.0 Å². The first-order valence-electron chi connectivity index (χ1n) is 15.1. The van der Waals surface area contributed by atoms with Gasteiger partial charge >= 0.3 is 5.97 Å². The summed E-state index contributed by atoms with van der Waals surface area (Å²) in [6.07, 6.45) is 0. The van der Waals surface area contributed by atoms with Gasteiger partial charge in [-0.3, -0.25) is 4.79 Å². The number of nitrogens with one attached hydrogen (secondary N) is 1. The maximum absolute atomic E-state index is 12.4. The van der Waals surface area contributed by atoms with Gasteiger partial charge in [-0.25, -0.2) is 0 Å². The van der Waals surface area contributed by atoms with Crippen LogP contribution in [0.15, 0.2) is 54.6 Å². The number of rotatable bonds is 6. The maximum Gasteiger partial charge on any atom is 0.325 e. The summed E-state index contributed by atoms with van der Waals surface area (Å²) in [5, 5.41) is 3.23. The number of methoxy groups -OCH3 is 1. The molecule has 1 unspecified atom stereocenters. The van der Waals surface area contributed by atoms with E-state index < -0.39 is 0 Å². The van der Waals surface area contributed by atoms with Gasteiger partial charge in [-0.05, 0) is 42.4 Å². The Hall–Kier alpha value is -3.83. The quantitative estimate of drug-likeness (QED) is 0.323. The minimum absolute atomic E-state index is 0.0626. The molecule has 0 amide bonds. The zero-order valence-electron chi connectivity index (χ0n) is 26.1. The van der Waals surface area contributed by atoms with Gasteiger partial charge in [0.15, 0.2) is 0 Å². The summed E-state index contributed by atoms with van der Waals surface area (Å²) in [6, 6.07) is 19.0. The number of hydrogen-bond acceptors (Lipinski definition) is 10. The number of nitrogens with zero attached hydrogens (tertiary/aromatic N) is 2. The molecule has 10 nitrogen and oxygen atoms in total. The molecule has 1 N–H and O–H groups in total. The predicted octanol–water partition coefficient (Wildman–Crippen LogP) is 4.18. The number of hydrogen-bond donors (Lipinski definition) is 1. The second-order valence-electron chi connectivity index (χ2n) is 11.0. The second kappa shape index (κ2) is 15.3. The molecule has 0 bridgehead atoms. The van der Waals surface area contributed by atoms with Crippen LogP contribution in [-0.4, -0.2) is 93.6 Å². The summed E-state index contributed by atoms with van der Waals surface area (Å²) in [4.78, 5) is 16.4. The lowest BCUT2D eigenvalue weighted by Crippen LogP contribution is -2.34. The first kappa shape index (κ1) is 31.6. The first-order valence-corrected chi connectivity index (χ1v) is 15.1. The SMILES string of the molecule is CNCc1ccc2c(c1)Oc1cc(N(C)C)ccc1C2c1ccc2c(c1)OCCOCCOCCOCCN2CC(=O)OC. The zero-order valence-corrected chi connectivity index (χ0v) is 26.1. The van der Waals surface area contributed by atoms with Crippen molar-refractivity contribution in [2.24, 2.45) is 0 Å². The van der Waals surface area contributed by atoms with E-state index in [-0.39, 0.29) is 18.4 Å². The van der Waals surface area contributed by atoms with Gasteiger partial charge in [0, 0.05) is 56.0 Å². The van der Waals surface area contributed by atoms with Crippen molar-refractivity contribution < 1.29 is 33.2 Å². The number of fused-ring (bicyclic) bond motifs is 3. The van der Waals surface area contributed by atoms with E-state index >= 15 is 0 Å². The third-order valence-corrected chi connectivity index (χ3v) is 7.75. The van der Waals surface area contributed by atoms with Crippen molar-refractivity contribution in [3.63, 3.8) is 0 Å². The Labute approximate surface area is 259 Å². The molecule has 0 saturated heterocycles. The molecule has 0 saturated carbocycles. The van der Waals surface area contributed by atoms with Crippen molar-refractivity contribution in [3.05, 3.63) is 76.9 Å². The standard InChI is InChI=1S/C34H43N3O7/c1-35-22-24-5-8-27-30(19-24)44-31-21-26(36(2)3)7-9-28(31)34(27)25-6-10-29-32(20-25)43-18-17-42-16-15-41-14-13-40-12-11-37(29)23-33(38)39-4/h5-10,19-21,34-35H,11-18,22-23H2,1-4H3. The summed E-state index contributed by atoms with van der Waals surface area (Å²) < 4.78 is 35.0. The summed E-state index contributed by atoms with van der Waals surface area (Å²) in [5.74, 6) is 1.89. The predicted molar refractivity (Wildman–Crippen MR) is 170 cm³/mol. The van der Waals surface area contributed by atoms with Crippen LogP contribution in [0, 0.1) is 0 Å². The van der Waals surface area contributed by atoms with Gasteiger partial charge in [0.1, 0.15) is 30.4 Å². The lowest BCUT2D eigenvalue weighted by molar-refractivity contribution is -0.139. The van der Waals surface area contributed by atoms with Gasteiger partial charge < -0.3 is 43.5 Å². The van der Waals surface area contributed by atoms with E-state index in [2.05, 4.69) is 58.7 Å². The smallest absolute Gasteiger partial charge is 0.325 e. The largest absolute Gasteiger partial charge is 0.489 e. The van der Waals surface area contributed by atoms with Gasteiger partial charge in [0.2, 0.25) is 0 Å². The Morgan fingerprint density at radius 1 is 0.864 bits per heavy atom. The van der Waals surface area contributed by atoms with E-state index in [1.165, 1.54) is 7.11 Å². The molecule has 5 rings (SSSR count).